The van der Waals surface area contributed by atoms with Crippen LogP contribution in [0.15, 0.2) is 30.6 Å². The Kier molecular flexibility index (Phi) is 2.76. The topological polar surface area (TPSA) is 98.3 Å². The molecule has 92 valence electrons. The molecule has 0 spiro atoms. The van der Waals surface area contributed by atoms with Crippen LogP contribution in [0.5, 0.6) is 0 Å². The van der Waals surface area contributed by atoms with E-state index < -0.39 is 22.3 Å². The third-order valence-electron chi connectivity index (χ3n) is 2.23. The zero-order chi connectivity index (χ0) is 13.3. The molecule has 0 atom stereocenters. The van der Waals surface area contributed by atoms with Crippen LogP contribution in [0.1, 0.15) is 10.4 Å². The van der Waals surface area contributed by atoms with E-state index in [1.807, 2.05) is 0 Å². The second kappa shape index (κ2) is 4.24. The Morgan fingerprint density at radius 1 is 1.50 bits per heavy atom. The van der Waals surface area contributed by atoms with Gasteiger partial charge >= 0.3 is 11.7 Å². The number of halogens is 1. The number of carboxylic acid groups (broad SMARTS) is 1. The number of benzene rings is 1. The minimum Gasteiger partial charge on any atom is -0.478 e. The molecule has 1 aromatic heterocycles. The molecule has 0 unspecified atom stereocenters. The highest BCUT2D eigenvalue weighted by atomic mass is 19.1. The molecule has 0 amide bonds. The summed E-state index contributed by atoms with van der Waals surface area (Å²) in [7, 11) is 0. The first kappa shape index (κ1) is 11.7. The molecule has 1 aromatic carbocycles. The van der Waals surface area contributed by atoms with Crippen LogP contribution in [-0.4, -0.2) is 25.8 Å². The molecule has 0 radical (unpaired) electrons. The maximum atomic E-state index is 13.4. The zero-order valence-corrected chi connectivity index (χ0v) is 8.78. The van der Waals surface area contributed by atoms with Crippen molar-refractivity contribution in [3.63, 3.8) is 0 Å². The van der Waals surface area contributed by atoms with E-state index in [2.05, 4.69) is 5.10 Å². The molecule has 7 nitrogen and oxygen atoms in total. The molecule has 8 heteroatoms. The summed E-state index contributed by atoms with van der Waals surface area (Å²) >= 11 is 0. The Labute approximate surface area is 99.2 Å². The summed E-state index contributed by atoms with van der Waals surface area (Å²) in [6, 6.07) is 3.60. The number of hydrogen-bond acceptors (Lipinski definition) is 4. The second-order valence-electron chi connectivity index (χ2n) is 3.34. The Balaban J connectivity index is 2.59. The number of rotatable bonds is 3. The van der Waals surface area contributed by atoms with Crippen molar-refractivity contribution >= 4 is 11.7 Å². The molecule has 0 aliphatic heterocycles. The molecule has 0 saturated carbocycles. The normalized spacial score (nSPS) is 10.3. The van der Waals surface area contributed by atoms with Gasteiger partial charge in [-0.2, -0.15) is 5.10 Å². The van der Waals surface area contributed by atoms with E-state index in [1.54, 1.807) is 0 Å². The fraction of sp³-hybridized carbons (Fsp3) is 0. The van der Waals surface area contributed by atoms with Gasteiger partial charge in [0.2, 0.25) is 0 Å². The number of nitrogens with zero attached hydrogens (tertiary/aromatic N) is 3. The first-order valence-corrected chi connectivity index (χ1v) is 4.72. The standard InChI is InChI=1S/C10H6FN3O4/c11-7-2-1-3-8(9(7)10(15)16)13-5-6(4-12-13)14(17)18/h1-5H,(H,15,16). The second-order valence-corrected chi connectivity index (χ2v) is 3.34. The first-order chi connectivity index (χ1) is 8.50. The smallest absolute Gasteiger partial charge is 0.340 e. The van der Waals surface area contributed by atoms with E-state index >= 15 is 0 Å². The van der Waals surface area contributed by atoms with Gasteiger partial charge in [0.05, 0.1) is 10.6 Å². The minimum atomic E-state index is -1.47. The van der Waals surface area contributed by atoms with E-state index in [4.69, 9.17) is 5.11 Å². The number of carboxylic acids is 1. The molecule has 0 saturated heterocycles. The average Bonchev–Trinajstić information content (AvgIpc) is 2.77. The van der Waals surface area contributed by atoms with E-state index in [9.17, 15) is 19.3 Å². The van der Waals surface area contributed by atoms with Crippen LogP contribution in [0.2, 0.25) is 0 Å². The van der Waals surface area contributed by atoms with Crippen LogP contribution in [0.4, 0.5) is 10.1 Å². The van der Waals surface area contributed by atoms with E-state index in [0.717, 1.165) is 23.1 Å². The van der Waals surface area contributed by atoms with Gasteiger partial charge in [-0.1, -0.05) is 6.07 Å². The lowest BCUT2D eigenvalue weighted by Gasteiger charge is -2.05. The van der Waals surface area contributed by atoms with Crippen molar-refractivity contribution in [1.82, 2.24) is 9.78 Å². The van der Waals surface area contributed by atoms with Crippen LogP contribution in [0, 0.1) is 15.9 Å². The maximum absolute atomic E-state index is 13.4. The fourth-order valence-electron chi connectivity index (χ4n) is 1.45. The molecule has 2 rings (SSSR count). The summed E-state index contributed by atoms with van der Waals surface area (Å²) in [5.41, 5.74) is -0.971. The average molecular weight is 251 g/mol. The largest absolute Gasteiger partial charge is 0.478 e. The van der Waals surface area contributed by atoms with Gasteiger partial charge in [0, 0.05) is 0 Å². The Morgan fingerprint density at radius 2 is 2.22 bits per heavy atom. The predicted molar refractivity (Wildman–Crippen MR) is 57.1 cm³/mol. The third kappa shape index (κ3) is 1.90. The van der Waals surface area contributed by atoms with Crippen molar-refractivity contribution in [1.29, 1.82) is 0 Å². The Morgan fingerprint density at radius 3 is 2.78 bits per heavy atom. The van der Waals surface area contributed by atoms with Crippen LogP contribution in [0.3, 0.4) is 0 Å². The molecule has 1 heterocycles. The SMILES string of the molecule is O=C(O)c1c(F)cccc1-n1cc([N+](=O)[O-])cn1. The monoisotopic (exact) mass is 251 g/mol. The molecule has 2 aromatic rings. The highest BCUT2D eigenvalue weighted by molar-refractivity contribution is 5.92. The predicted octanol–water partition coefficient (Wildman–Crippen LogP) is 1.62. The van der Waals surface area contributed by atoms with Crippen molar-refractivity contribution in [3.8, 4) is 5.69 Å². The first-order valence-electron chi connectivity index (χ1n) is 4.72. The van der Waals surface area contributed by atoms with Gasteiger partial charge in [-0.15, -0.1) is 0 Å². The van der Waals surface area contributed by atoms with E-state index in [0.29, 0.717) is 0 Å². The number of aromatic carboxylic acids is 1. The van der Waals surface area contributed by atoms with Gasteiger partial charge in [0.15, 0.2) is 0 Å². The number of carbonyl (C=O) groups is 1. The minimum absolute atomic E-state index is 0.0735. The number of hydrogen-bond donors (Lipinski definition) is 1. The molecular weight excluding hydrogens is 245 g/mol. The van der Waals surface area contributed by atoms with Gasteiger partial charge in [-0.3, -0.25) is 10.1 Å². The Bertz CT molecular complexity index is 638. The molecule has 0 bridgehead atoms. The van der Waals surface area contributed by atoms with Crippen LogP contribution < -0.4 is 0 Å². The van der Waals surface area contributed by atoms with Crippen molar-refractivity contribution in [3.05, 3.63) is 52.1 Å². The highest BCUT2D eigenvalue weighted by Gasteiger charge is 2.19. The quantitative estimate of drug-likeness (QED) is 0.660. The molecular formula is C10H6FN3O4. The van der Waals surface area contributed by atoms with Crippen LogP contribution in [-0.2, 0) is 0 Å². The summed E-state index contributed by atoms with van der Waals surface area (Å²) in [5.74, 6) is -2.40. The Hall–Kier alpha value is -2.77. The van der Waals surface area contributed by atoms with E-state index in [-0.39, 0.29) is 11.4 Å². The summed E-state index contributed by atoms with van der Waals surface area (Å²) in [5, 5.41) is 23.0. The van der Waals surface area contributed by atoms with E-state index in [1.165, 1.54) is 12.1 Å². The summed E-state index contributed by atoms with van der Waals surface area (Å²) in [6.45, 7) is 0. The van der Waals surface area contributed by atoms with Gasteiger partial charge in [0.25, 0.3) is 0 Å². The zero-order valence-electron chi connectivity index (χ0n) is 8.78. The van der Waals surface area contributed by atoms with Gasteiger partial charge < -0.3 is 5.11 Å². The fourth-order valence-corrected chi connectivity index (χ4v) is 1.45. The number of nitro groups is 1. The number of aromatic nitrogens is 2. The summed E-state index contributed by atoms with van der Waals surface area (Å²) < 4.78 is 14.3. The molecule has 0 aliphatic rings. The van der Waals surface area contributed by atoms with Crippen molar-refractivity contribution in [2.45, 2.75) is 0 Å². The van der Waals surface area contributed by atoms with Gasteiger partial charge in [-0.25, -0.2) is 13.9 Å². The van der Waals surface area contributed by atoms with Crippen molar-refractivity contribution in [2.24, 2.45) is 0 Å². The third-order valence-corrected chi connectivity index (χ3v) is 2.23. The lowest BCUT2D eigenvalue weighted by molar-refractivity contribution is -0.384. The molecule has 0 fully saturated rings. The van der Waals surface area contributed by atoms with Crippen LogP contribution >= 0.6 is 0 Å². The van der Waals surface area contributed by atoms with Crippen LogP contribution in [0.25, 0.3) is 5.69 Å². The summed E-state index contributed by atoms with van der Waals surface area (Å²) in [4.78, 5) is 20.8. The van der Waals surface area contributed by atoms with Crippen molar-refractivity contribution in [2.75, 3.05) is 0 Å². The molecule has 18 heavy (non-hydrogen) atoms. The molecule has 1 N–H and O–H groups in total. The summed E-state index contributed by atoms with van der Waals surface area (Å²) in [6.07, 6.45) is 1.97. The lowest BCUT2D eigenvalue weighted by Crippen LogP contribution is -2.08. The maximum Gasteiger partial charge on any atom is 0.340 e. The lowest BCUT2D eigenvalue weighted by atomic mass is 10.1. The highest BCUT2D eigenvalue weighted by Crippen LogP contribution is 2.19. The molecule has 0 aliphatic carbocycles. The van der Waals surface area contributed by atoms with Crippen molar-refractivity contribution < 1.29 is 19.2 Å². The van der Waals surface area contributed by atoms with Gasteiger partial charge in [0.1, 0.15) is 23.8 Å². The van der Waals surface area contributed by atoms with Gasteiger partial charge in [-0.05, 0) is 12.1 Å².